The molecule has 0 aliphatic rings. The first-order valence-corrected chi connectivity index (χ1v) is 6.85. The van der Waals surface area contributed by atoms with Crippen LogP contribution in [0, 0.1) is 0 Å². The van der Waals surface area contributed by atoms with E-state index in [2.05, 4.69) is 5.32 Å². The third-order valence-electron chi connectivity index (χ3n) is 3.28. The molecule has 0 spiro atoms. The lowest BCUT2D eigenvalue weighted by atomic mass is 10.1. The molecule has 1 N–H and O–H groups in total. The predicted molar refractivity (Wildman–Crippen MR) is 85.1 cm³/mol. The topological polar surface area (TPSA) is 51.5 Å². The predicted octanol–water partition coefficient (Wildman–Crippen LogP) is 4.21. The maximum Gasteiger partial charge on any atom is 0.255 e. The summed E-state index contributed by atoms with van der Waals surface area (Å²) in [7, 11) is 1.59. The Morgan fingerprint density at radius 2 is 1.86 bits per heavy atom. The molecule has 0 aliphatic carbocycles. The zero-order chi connectivity index (χ0) is 15.4. The first-order valence-electron chi connectivity index (χ1n) is 6.85. The Hall–Kier alpha value is -3.01. The van der Waals surface area contributed by atoms with Crippen LogP contribution in [0.5, 0.6) is 5.75 Å². The molecule has 0 radical (unpaired) electrons. The molecule has 4 nitrogen and oxygen atoms in total. The lowest BCUT2D eigenvalue weighted by Gasteiger charge is -2.07. The fraction of sp³-hybridized carbons (Fsp3) is 0.0556. The number of hydrogen-bond acceptors (Lipinski definition) is 3. The highest BCUT2D eigenvalue weighted by molar-refractivity contribution is 6.04. The number of amides is 1. The molecule has 3 rings (SSSR count). The number of benzene rings is 2. The van der Waals surface area contributed by atoms with Gasteiger partial charge < -0.3 is 14.5 Å². The Bertz CT molecular complexity index is 761. The summed E-state index contributed by atoms with van der Waals surface area (Å²) < 4.78 is 10.5. The first-order chi connectivity index (χ1) is 10.8. The van der Waals surface area contributed by atoms with Crippen molar-refractivity contribution in [3.8, 4) is 17.1 Å². The summed E-state index contributed by atoms with van der Waals surface area (Å²) in [4.78, 5) is 12.2. The Morgan fingerprint density at radius 1 is 1.05 bits per heavy atom. The Morgan fingerprint density at radius 3 is 2.55 bits per heavy atom. The SMILES string of the molecule is COc1cccc(NC(=O)c2ccc(-c3ccco3)cc2)c1. The second-order valence-electron chi connectivity index (χ2n) is 4.74. The van der Waals surface area contributed by atoms with E-state index in [-0.39, 0.29) is 5.91 Å². The number of methoxy groups -OCH3 is 1. The molecule has 4 heteroatoms. The molecule has 110 valence electrons. The van der Waals surface area contributed by atoms with Gasteiger partial charge in [0.15, 0.2) is 0 Å². The molecule has 1 aromatic heterocycles. The van der Waals surface area contributed by atoms with Crippen molar-refractivity contribution in [1.29, 1.82) is 0 Å². The van der Waals surface area contributed by atoms with Crippen LogP contribution in [0.15, 0.2) is 71.3 Å². The third kappa shape index (κ3) is 3.01. The second kappa shape index (κ2) is 6.18. The average Bonchev–Trinajstić information content (AvgIpc) is 3.09. The van der Waals surface area contributed by atoms with Crippen LogP contribution in [0.1, 0.15) is 10.4 Å². The van der Waals surface area contributed by atoms with Crippen molar-refractivity contribution < 1.29 is 13.9 Å². The van der Waals surface area contributed by atoms with Crippen LogP contribution in [-0.2, 0) is 0 Å². The monoisotopic (exact) mass is 293 g/mol. The molecule has 0 saturated heterocycles. The van der Waals surface area contributed by atoms with Crippen LogP contribution in [-0.4, -0.2) is 13.0 Å². The van der Waals surface area contributed by atoms with Crippen LogP contribution in [0.25, 0.3) is 11.3 Å². The van der Waals surface area contributed by atoms with E-state index in [1.54, 1.807) is 31.6 Å². The Labute approximate surface area is 128 Å². The normalized spacial score (nSPS) is 10.2. The van der Waals surface area contributed by atoms with Gasteiger partial charge in [0.1, 0.15) is 11.5 Å². The van der Waals surface area contributed by atoms with Gasteiger partial charge in [0, 0.05) is 22.9 Å². The minimum Gasteiger partial charge on any atom is -0.497 e. The highest BCUT2D eigenvalue weighted by atomic mass is 16.5. The van der Waals surface area contributed by atoms with Crippen LogP contribution >= 0.6 is 0 Å². The summed E-state index contributed by atoms with van der Waals surface area (Å²) in [6.45, 7) is 0. The Balaban J connectivity index is 1.74. The van der Waals surface area contributed by atoms with E-state index in [1.807, 2.05) is 42.5 Å². The summed E-state index contributed by atoms with van der Waals surface area (Å²) >= 11 is 0. The summed E-state index contributed by atoms with van der Waals surface area (Å²) in [6, 6.07) is 18.2. The van der Waals surface area contributed by atoms with Gasteiger partial charge in [-0.25, -0.2) is 0 Å². The highest BCUT2D eigenvalue weighted by Gasteiger charge is 2.08. The second-order valence-corrected chi connectivity index (χ2v) is 4.74. The number of nitrogens with one attached hydrogen (secondary N) is 1. The van der Waals surface area contributed by atoms with Gasteiger partial charge in [-0.15, -0.1) is 0 Å². The van der Waals surface area contributed by atoms with Crippen molar-refractivity contribution >= 4 is 11.6 Å². The summed E-state index contributed by atoms with van der Waals surface area (Å²) in [5, 5.41) is 2.84. The van der Waals surface area contributed by atoms with Gasteiger partial charge in [0.25, 0.3) is 5.91 Å². The fourth-order valence-electron chi connectivity index (χ4n) is 2.13. The summed E-state index contributed by atoms with van der Waals surface area (Å²) in [5.74, 6) is 1.31. The molecule has 0 unspecified atom stereocenters. The van der Waals surface area contributed by atoms with Gasteiger partial charge in [0.05, 0.1) is 13.4 Å². The van der Waals surface area contributed by atoms with Gasteiger partial charge in [-0.2, -0.15) is 0 Å². The lowest BCUT2D eigenvalue weighted by molar-refractivity contribution is 0.102. The van der Waals surface area contributed by atoms with Crippen LogP contribution < -0.4 is 10.1 Å². The van der Waals surface area contributed by atoms with E-state index in [0.717, 1.165) is 11.3 Å². The smallest absolute Gasteiger partial charge is 0.255 e. The van der Waals surface area contributed by atoms with E-state index in [0.29, 0.717) is 17.0 Å². The van der Waals surface area contributed by atoms with Crippen molar-refractivity contribution in [3.63, 3.8) is 0 Å². The van der Waals surface area contributed by atoms with Crippen LogP contribution in [0.4, 0.5) is 5.69 Å². The van der Waals surface area contributed by atoms with Crippen molar-refractivity contribution in [3.05, 3.63) is 72.5 Å². The molecule has 3 aromatic rings. The number of carbonyl (C=O) groups is 1. The van der Waals surface area contributed by atoms with E-state index < -0.39 is 0 Å². The summed E-state index contributed by atoms with van der Waals surface area (Å²) in [6.07, 6.45) is 1.62. The first kappa shape index (κ1) is 13.9. The number of ether oxygens (including phenoxy) is 1. The van der Waals surface area contributed by atoms with Gasteiger partial charge in [-0.1, -0.05) is 18.2 Å². The standard InChI is InChI=1S/C18H15NO3/c1-21-16-5-2-4-15(12-16)19-18(20)14-9-7-13(8-10-14)17-6-3-11-22-17/h2-12H,1H3,(H,19,20). The molecule has 0 aliphatic heterocycles. The van der Waals surface area contributed by atoms with Crippen molar-refractivity contribution in [2.45, 2.75) is 0 Å². The summed E-state index contributed by atoms with van der Waals surface area (Å²) in [5.41, 5.74) is 2.21. The molecule has 0 saturated carbocycles. The Kier molecular flexibility index (Phi) is 3.92. The molecule has 0 atom stereocenters. The molecular weight excluding hydrogens is 278 g/mol. The molecule has 0 fully saturated rings. The zero-order valence-corrected chi connectivity index (χ0v) is 12.1. The van der Waals surface area contributed by atoms with Crippen molar-refractivity contribution in [2.24, 2.45) is 0 Å². The molecular formula is C18H15NO3. The van der Waals surface area contributed by atoms with Gasteiger partial charge in [0.2, 0.25) is 0 Å². The third-order valence-corrected chi connectivity index (χ3v) is 3.28. The van der Waals surface area contributed by atoms with Crippen LogP contribution in [0.2, 0.25) is 0 Å². The highest BCUT2D eigenvalue weighted by Crippen LogP contribution is 2.21. The minimum atomic E-state index is -0.167. The molecule has 1 amide bonds. The molecule has 2 aromatic carbocycles. The average molecular weight is 293 g/mol. The number of anilines is 1. The fourth-order valence-corrected chi connectivity index (χ4v) is 2.13. The number of rotatable bonds is 4. The molecule has 1 heterocycles. The van der Waals surface area contributed by atoms with Crippen molar-refractivity contribution in [2.75, 3.05) is 12.4 Å². The number of hydrogen-bond donors (Lipinski definition) is 1. The maximum absolute atomic E-state index is 12.2. The maximum atomic E-state index is 12.2. The lowest BCUT2D eigenvalue weighted by Crippen LogP contribution is -2.11. The van der Waals surface area contributed by atoms with Gasteiger partial charge in [-0.3, -0.25) is 4.79 Å². The van der Waals surface area contributed by atoms with E-state index >= 15 is 0 Å². The number of carbonyl (C=O) groups excluding carboxylic acids is 1. The van der Waals surface area contributed by atoms with E-state index in [4.69, 9.17) is 9.15 Å². The van der Waals surface area contributed by atoms with Crippen molar-refractivity contribution in [1.82, 2.24) is 0 Å². The van der Waals surface area contributed by atoms with E-state index in [1.165, 1.54) is 0 Å². The van der Waals surface area contributed by atoms with Crippen LogP contribution in [0.3, 0.4) is 0 Å². The van der Waals surface area contributed by atoms with Gasteiger partial charge in [-0.05, 0) is 36.4 Å². The minimum absolute atomic E-state index is 0.167. The molecule has 22 heavy (non-hydrogen) atoms. The van der Waals surface area contributed by atoms with Gasteiger partial charge >= 0.3 is 0 Å². The number of furan rings is 1. The zero-order valence-electron chi connectivity index (χ0n) is 12.1. The quantitative estimate of drug-likeness (QED) is 0.784. The largest absolute Gasteiger partial charge is 0.497 e. The van der Waals surface area contributed by atoms with E-state index in [9.17, 15) is 4.79 Å². The molecule has 0 bridgehead atoms.